The van der Waals surface area contributed by atoms with E-state index in [0.717, 1.165) is 22.5 Å². The van der Waals surface area contributed by atoms with Gasteiger partial charge in [-0.15, -0.1) is 11.6 Å². The molecule has 0 bridgehead atoms. The number of hydrogen-bond donors (Lipinski definition) is 2. The van der Waals surface area contributed by atoms with E-state index in [2.05, 4.69) is 15.5 Å². The number of benzene rings is 2. The molecular weight excluding hydrogens is 371 g/mol. The maximum atomic E-state index is 9.03. The molecule has 0 spiro atoms. The van der Waals surface area contributed by atoms with Gasteiger partial charge >= 0.3 is 0 Å². The lowest BCUT2D eigenvalue weighted by Gasteiger charge is -2.08. The van der Waals surface area contributed by atoms with Crippen molar-refractivity contribution in [3.05, 3.63) is 64.7 Å². The molecule has 1 aliphatic heterocycles. The molecular formula is C19H18Cl2N4O. The van der Waals surface area contributed by atoms with Crippen molar-refractivity contribution in [3.8, 4) is 0 Å². The number of alkyl halides is 1. The zero-order chi connectivity index (χ0) is 18.4. The van der Waals surface area contributed by atoms with Crippen LogP contribution in [0.4, 0.5) is 5.69 Å². The van der Waals surface area contributed by atoms with Crippen molar-refractivity contribution in [1.82, 2.24) is 5.43 Å². The van der Waals surface area contributed by atoms with Gasteiger partial charge < -0.3 is 5.11 Å². The van der Waals surface area contributed by atoms with Gasteiger partial charge in [-0.25, -0.2) is 4.99 Å². The molecule has 0 fully saturated rings. The number of rotatable bonds is 5. The maximum absolute atomic E-state index is 9.03. The van der Waals surface area contributed by atoms with Gasteiger partial charge in [0.25, 0.3) is 0 Å². The lowest BCUT2D eigenvalue weighted by Crippen LogP contribution is -2.23. The average Bonchev–Trinajstić information content (AvgIpc) is 2.85. The topological polar surface area (TPSA) is 69.3 Å². The number of halogens is 2. The van der Waals surface area contributed by atoms with E-state index in [4.69, 9.17) is 33.3 Å². The van der Waals surface area contributed by atoms with Gasteiger partial charge in [-0.1, -0.05) is 41.9 Å². The van der Waals surface area contributed by atoms with E-state index in [1.807, 2.05) is 42.5 Å². The molecule has 0 amide bonds. The zero-order valence-corrected chi connectivity index (χ0v) is 15.5. The first-order valence-electron chi connectivity index (χ1n) is 8.17. The quantitative estimate of drug-likeness (QED) is 0.464. The van der Waals surface area contributed by atoms with Crippen LogP contribution in [0.1, 0.15) is 17.5 Å². The van der Waals surface area contributed by atoms with Crippen LogP contribution in [0.15, 0.2) is 63.6 Å². The van der Waals surface area contributed by atoms with Gasteiger partial charge in [0.1, 0.15) is 5.84 Å². The van der Waals surface area contributed by atoms with Gasteiger partial charge in [-0.3, -0.25) is 10.4 Å². The number of aliphatic hydroxyl groups is 1. The molecule has 0 saturated carbocycles. The first-order valence-corrected chi connectivity index (χ1v) is 9.08. The van der Waals surface area contributed by atoms with Crippen LogP contribution in [-0.4, -0.2) is 41.4 Å². The second-order valence-corrected chi connectivity index (χ2v) is 6.35. The molecule has 5 nitrogen and oxygen atoms in total. The van der Waals surface area contributed by atoms with Crippen molar-refractivity contribution in [2.45, 2.75) is 6.42 Å². The van der Waals surface area contributed by atoms with Crippen LogP contribution in [0.5, 0.6) is 0 Å². The van der Waals surface area contributed by atoms with Crippen LogP contribution in [0.2, 0.25) is 5.02 Å². The molecule has 7 heteroatoms. The Bertz CT molecular complexity index is 863. The Kier molecular flexibility index (Phi) is 6.39. The molecule has 2 aromatic rings. The Morgan fingerprint density at radius 3 is 2.73 bits per heavy atom. The average molecular weight is 389 g/mol. The van der Waals surface area contributed by atoms with E-state index < -0.39 is 0 Å². The van der Waals surface area contributed by atoms with Gasteiger partial charge in [-0.05, 0) is 18.2 Å². The summed E-state index contributed by atoms with van der Waals surface area (Å²) in [5, 5.41) is 13.9. The number of hydrogen-bond acceptors (Lipinski definition) is 5. The Labute approximate surface area is 162 Å². The summed E-state index contributed by atoms with van der Waals surface area (Å²) in [5.41, 5.74) is 7.05. The van der Waals surface area contributed by atoms with Crippen LogP contribution < -0.4 is 5.43 Å². The Balaban J connectivity index is 1.97. The normalized spacial score (nSPS) is 14.2. The highest BCUT2D eigenvalue weighted by molar-refractivity contribution is 6.31. The van der Waals surface area contributed by atoms with Crippen molar-refractivity contribution in [3.63, 3.8) is 0 Å². The predicted octanol–water partition coefficient (Wildman–Crippen LogP) is 3.79. The predicted molar refractivity (Wildman–Crippen MR) is 108 cm³/mol. The number of hydrazone groups is 1. The van der Waals surface area contributed by atoms with E-state index in [0.29, 0.717) is 29.5 Å². The summed E-state index contributed by atoms with van der Waals surface area (Å²) in [5.74, 6) is 0.839. The summed E-state index contributed by atoms with van der Waals surface area (Å²) in [6.07, 6.45) is 0.411. The maximum Gasteiger partial charge on any atom is 0.144 e. The van der Waals surface area contributed by atoms with Crippen molar-refractivity contribution < 1.29 is 5.11 Å². The molecule has 0 atom stereocenters. The van der Waals surface area contributed by atoms with Gasteiger partial charge in [0.15, 0.2) is 0 Å². The molecule has 2 N–H and O–H groups in total. The Morgan fingerprint density at radius 2 is 2.00 bits per heavy atom. The minimum Gasteiger partial charge on any atom is -0.396 e. The molecule has 26 heavy (non-hydrogen) atoms. The summed E-state index contributed by atoms with van der Waals surface area (Å²) in [6, 6.07) is 15.5. The molecule has 1 heterocycles. The Hall–Kier alpha value is -2.21. The standard InChI is InChI=1S/C19H18Cl2N4O/c20-11-15(8-9-26)24-25-18-12-22-19(13-4-2-1-3-5-13)16-10-14(21)6-7-17(16)23-18/h1-7,10,26H,8-9,11-12H2,(H,23,25). The highest BCUT2D eigenvalue weighted by Gasteiger charge is 2.16. The Morgan fingerprint density at radius 1 is 1.19 bits per heavy atom. The van der Waals surface area contributed by atoms with Crippen LogP contribution >= 0.6 is 23.2 Å². The van der Waals surface area contributed by atoms with E-state index in [-0.39, 0.29) is 12.5 Å². The van der Waals surface area contributed by atoms with Gasteiger partial charge in [0.2, 0.25) is 0 Å². The van der Waals surface area contributed by atoms with Crippen LogP contribution in [0.25, 0.3) is 0 Å². The summed E-state index contributed by atoms with van der Waals surface area (Å²) in [4.78, 5) is 9.36. The first-order chi connectivity index (χ1) is 12.7. The zero-order valence-electron chi connectivity index (χ0n) is 14.0. The fourth-order valence-electron chi connectivity index (χ4n) is 2.54. The second kappa shape index (κ2) is 8.94. The van der Waals surface area contributed by atoms with Crippen molar-refractivity contribution in [1.29, 1.82) is 0 Å². The fourth-order valence-corrected chi connectivity index (χ4v) is 2.91. The lowest BCUT2D eigenvalue weighted by atomic mass is 10.0. The number of aliphatic hydroxyl groups excluding tert-OH is 1. The van der Waals surface area contributed by atoms with Crippen LogP contribution in [0.3, 0.4) is 0 Å². The van der Waals surface area contributed by atoms with Crippen LogP contribution in [0, 0.1) is 0 Å². The first kappa shape index (κ1) is 18.6. The molecule has 0 radical (unpaired) electrons. The van der Waals surface area contributed by atoms with E-state index >= 15 is 0 Å². The molecule has 1 aliphatic rings. The minimum absolute atomic E-state index is 0.00263. The third-order valence-corrected chi connectivity index (χ3v) is 4.34. The van der Waals surface area contributed by atoms with E-state index in [1.165, 1.54) is 0 Å². The van der Waals surface area contributed by atoms with Crippen molar-refractivity contribution in [2.24, 2.45) is 15.1 Å². The van der Waals surface area contributed by atoms with Gasteiger partial charge in [-0.2, -0.15) is 5.10 Å². The highest BCUT2D eigenvalue weighted by atomic mass is 35.5. The largest absolute Gasteiger partial charge is 0.396 e. The highest BCUT2D eigenvalue weighted by Crippen LogP contribution is 2.28. The van der Waals surface area contributed by atoms with Crippen LogP contribution in [-0.2, 0) is 0 Å². The molecule has 2 aromatic carbocycles. The number of fused-ring (bicyclic) bond motifs is 1. The third-order valence-electron chi connectivity index (χ3n) is 3.80. The van der Waals surface area contributed by atoms with Crippen molar-refractivity contribution >= 4 is 46.1 Å². The van der Waals surface area contributed by atoms with Gasteiger partial charge in [0, 0.05) is 29.2 Å². The summed E-state index contributed by atoms with van der Waals surface area (Å²) < 4.78 is 0. The van der Waals surface area contributed by atoms with E-state index in [1.54, 1.807) is 6.07 Å². The molecule has 0 aromatic heterocycles. The summed E-state index contributed by atoms with van der Waals surface area (Å²) in [7, 11) is 0. The van der Waals surface area contributed by atoms with Crippen molar-refractivity contribution in [2.75, 3.05) is 19.0 Å². The lowest BCUT2D eigenvalue weighted by molar-refractivity contribution is 0.307. The summed E-state index contributed by atoms with van der Waals surface area (Å²) in [6.45, 7) is 0.339. The molecule has 0 unspecified atom stereocenters. The fraction of sp³-hybridized carbons (Fsp3) is 0.211. The third kappa shape index (κ3) is 4.49. The summed E-state index contributed by atoms with van der Waals surface area (Å²) >= 11 is 12.0. The second-order valence-electron chi connectivity index (χ2n) is 5.65. The monoisotopic (exact) mass is 388 g/mol. The van der Waals surface area contributed by atoms with E-state index in [9.17, 15) is 0 Å². The smallest absolute Gasteiger partial charge is 0.144 e. The number of nitrogens with zero attached hydrogens (tertiary/aromatic N) is 3. The molecule has 0 aliphatic carbocycles. The number of nitrogens with one attached hydrogen (secondary N) is 1. The minimum atomic E-state index is -0.00263. The number of amidine groups is 1. The number of aliphatic imine (C=N–C) groups is 2. The molecule has 3 rings (SSSR count). The SMILES string of the molecule is OCCC(CCl)=NNC1=Nc2ccc(Cl)cc2C(c2ccccc2)=NC1. The molecule has 0 saturated heterocycles. The van der Waals surface area contributed by atoms with Gasteiger partial charge in [0.05, 0.1) is 29.5 Å². The molecule has 134 valence electrons.